The van der Waals surface area contributed by atoms with Gasteiger partial charge in [-0.25, -0.2) is 4.79 Å². The quantitative estimate of drug-likeness (QED) is 0.214. The first-order valence-electron chi connectivity index (χ1n) is 8.10. The van der Waals surface area contributed by atoms with Crippen LogP contribution in [0, 0.1) is 0 Å². The summed E-state index contributed by atoms with van der Waals surface area (Å²) in [6.07, 6.45) is -1.20. The minimum Gasteiger partial charge on any atom is -0.465 e. The highest BCUT2D eigenvalue weighted by atomic mass is 35.6. The van der Waals surface area contributed by atoms with Crippen LogP contribution in [0.3, 0.4) is 0 Å². The highest BCUT2D eigenvalue weighted by Gasteiger charge is 2.35. The Bertz CT molecular complexity index is 951. The van der Waals surface area contributed by atoms with Crippen LogP contribution in [-0.2, 0) is 4.74 Å². The van der Waals surface area contributed by atoms with Crippen LogP contribution in [0.4, 0.5) is 5.69 Å². The Morgan fingerprint density at radius 1 is 1.03 bits per heavy atom. The molecule has 30 heavy (non-hydrogen) atoms. The van der Waals surface area contributed by atoms with Gasteiger partial charge in [-0.1, -0.05) is 58.0 Å². The maximum Gasteiger partial charge on any atom is 0.337 e. The van der Waals surface area contributed by atoms with E-state index >= 15 is 0 Å². The summed E-state index contributed by atoms with van der Waals surface area (Å²) in [6, 6.07) is 10.7. The summed E-state index contributed by atoms with van der Waals surface area (Å²) in [6.45, 7) is 0. The number of thiocarbonyl (C=S) groups is 1. The van der Waals surface area contributed by atoms with Gasteiger partial charge in [0.2, 0.25) is 3.79 Å². The lowest BCUT2D eigenvalue weighted by Gasteiger charge is -2.28. The maximum atomic E-state index is 12.5. The van der Waals surface area contributed by atoms with Gasteiger partial charge < -0.3 is 20.7 Å². The average molecular weight is 530 g/mol. The maximum absolute atomic E-state index is 12.5. The molecule has 0 bridgehead atoms. The Kier molecular flexibility index (Phi) is 8.85. The Labute approximate surface area is 203 Å². The molecule has 0 unspecified atom stereocenters. The van der Waals surface area contributed by atoms with Gasteiger partial charge in [0, 0.05) is 10.7 Å². The molecular weight excluding hydrogens is 516 g/mol. The third kappa shape index (κ3) is 7.04. The summed E-state index contributed by atoms with van der Waals surface area (Å²) in [5, 5.41) is 8.66. The first-order valence-corrected chi connectivity index (χ1v) is 10.4. The van der Waals surface area contributed by atoms with Gasteiger partial charge >= 0.3 is 5.97 Å². The number of halogens is 5. The molecule has 0 saturated heterocycles. The molecule has 1 amide bonds. The SMILES string of the molecule is COC(=O)c1ccc(NC(=S)N[C@@H](NC(=O)c2ccc(Cl)cc2Cl)C(Cl)(Cl)Cl)cc1. The highest BCUT2D eigenvalue weighted by Crippen LogP contribution is 2.30. The number of carbonyl (C=O) groups excluding carboxylic acids is 2. The minimum absolute atomic E-state index is 0.0552. The largest absolute Gasteiger partial charge is 0.465 e. The van der Waals surface area contributed by atoms with E-state index in [0.717, 1.165) is 0 Å². The number of hydrogen-bond acceptors (Lipinski definition) is 4. The number of carbonyl (C=O) groups is 2. The van der Waals surface area contributed by atoms with Crippen molar-refractivity contribution in [1.82, 2.24) is 10.6 Å². The Hall–Kier alpha value is -1.48. The molecule has 1 atom stereocenters. The van der Waals surface area contributed by atoms with Gasteiger partial charge in [0.15, 0.2) is 5.11 Å². The third-order valence-electron chi connectivity index (χ3n) is 3.62. The molecule has 0 aromatic heterocycles. The Morgan fingerprint density at radius 2 is 1.67 bits per heavy atom. The van der Waals surface area contributed by atoms with Crippen molar-refractivity contribution in [3.8, 4) is 0 Å². The van der Waals surface area contributed by atoms with Crippen LogP contribution in [0.25, 0.3) is 0 Å². The number of esters is 1. The first kappa shape index (κ1) is 24.8. The molecule has 0 aliphatic heterocycles. The summed E-state index contributed by atoms with van der Waals surface area (Å²) in [4.78, 5) is 24.0. The van der Waals surface area contributed by atoms with Gasteiger partial charge in [-0.2, -0.15) is 0 Å². The number of methoxy groups -OCH3 is 1. The van der Waals surface area contributed by atoms with E-state index in [1.807, 2.05) is 0 Å². The molecule has 0 radical (unpaired) electrons. The number of alkyl halides is 3. The van der Waals surface area contributed by atoms with Crippen molar-refractivity contribution in [2.45, 2.75) is 9.96 Å². The van der Waals surface area contributed by atoms with Crippen molar-refractivity contribution in [1.29, 1.82) is 0 Å². The van der Waals surface area contributed by atoms with E-state index in [1.165, 1.54) is 25.3 Å². The zero-order valence-electron chi connectivity index (χ0n) is 15.1. The van der Waals surface area contributed by atoms with Crippen molar-refractivity contribution in [2.24, 2.45) is 0 Å². The summed E-state index contributed by atoms with van der Waals surface area (Å²) >= 11 is 35.0. The van der Waals surface area contributed by atoms with E-state index in [0.29, 0.717) is 16.3 Å². The van der Waals surface area contributed by atoms with Crippen molar-refractivity contribution in [3.05, 3.63) is 63.6 Å². The molecular formula is C18H14Cl5N3O3S. The third-order valence-corrected chi connectivity index (χ3v) is 5.04. The molecule has 160 valence electrons. The second-order valence-electron chi connectivity index (χ2n) is 5.74. The molecule has 2 rings (SSSR count). The molecule has 3 N–H and O–H groups in total. The number of anilines is 1. The standard InChI is InChI=1S/C18H14Cl5N3O3S/c1-29-15(28)9-2-5-11(6-3-9)24-17(30)26-16(18(21,22)23)25-14(27)12-7-4-10(19)8-13(12)20/h2-8,16H,1H3,(H,25,27)(H2,24,26,30)/t16-/m1/s1. The summed E-state index contributed by atoms with van der Waals surface area (Å²) < 4.78 is 2.69. The Balaban J connectivity index is 2.08. The van der Waals surface area contributed by atoms with Crippen LogP contribution in [0.15, 0.2) is 42.5 Å². The van der Waals surface area contributed by atoms with Gasteiger partial charge in [0.25, 0.3) is 5.91 Å². The zero-order chi connectivity index (χ0) is 22.5. The fourth-order valence-electron chi connectivity index (χ4n) is 2.19. The molecule has 0 heterocycles. The van der Waals surface area contributed by atoms with Gasteiger partial charge in [0.1, 0.15) is 6.17 Å². The van der Waals surface area contributed by atoms with E-state index in [2.05, 4.69) is 20.7 Å². The summed E-state index contributed by atoms with van der Waals surface area (Å²) in [5.74, 6) is -1.08. The van der Waals surface area contributed by atoms with Crippen molar-refractivity contribution in [2.75, 3.05) is 12.4 Å². The van der Waals surface area contributed by atoms with E-state index in [-0.39, 0.29) is 15.7 Å². The predicted octanol–water partition coefficient (Wildman–Crippen LogP) is 5.19. The molecule has 0 saturated carbocycles. The van der Waals surface area contributed by atoms with Crippen molar-refractivity contribution >= 4 is 92.9 Å². The fourth-order valence-corrected chi connectivity index (χ4v) is 3.25. The van der Waals surface area contributed by atoms with E-state index in [9.17, 15) is 9.59 Å². The van der Waals surface area contributed by atoms with E-state index in [4.69, 9.17) is 70.2 Å². The first-order chi connectivity index (χ1) is 14.0. The fraction of sp³-hybridized carbons (Fsp3) is 0.167. The normalized spacial score (nSPS) is 11.9. The number of benzene rings is 2. The van der Waals surface area contributed by atoms with Crippen LogP contribution in [0.2, 0.25) is 10.0 Å². The molecule has 2 aromatic carbocycles. The molecule has 2 aromatic rings. The number of hydrogen-bond donors (Lipinski definition) is 3. The second kappa shape index (κ2) is 10.7. The molecule has 0 aliphatic carbocycles. The summed E-state index contributed by atoms with van der Waals surface area (Å²) in [7, 11) is 1.29. The van der Waals surface area contributed by atoms with Gasteiger partial charge in [-0.15, -0.1) is 0 Å². The zero-order valence-corrected chi connectivity index (χ0v) is 19.7. The topological polar surface area (TPSA) is 79.5 Å². The number of rotatable bonds is 5. The van der Waals surface area contributed by atoms with Gasteiger partial charge in [0.05, 0.1) is 23.3 Å². The number of ether oxygens (including phenoxy) is 1. The molecule has 12 heteroatoms. The van der Waals surface area contributed by atoms with Gasteiger partial charge in [-0.05, 0) is 54.7 Å². The van der Waals surface area contributed by atoms with Crippen molar-refractivity contribution in [3.63, 3.8) is 0 Å². The monoisotopic (exact) mass is 527 g/mol. The molecule has 6 nitrogen and oxygen atoms in total. The van der Waals surface area contributed by atoms with Crippen LogP contribution >= 0.6 is 70.2 Å². The van der Waals surface area contributed by atoms with Gasteiger partial charge in [-0.3, -0.25) is 4.79 Å². The number of amides is 1. The summed E-state index contributed by atoms with van der Waals surface area (Å²) in [5.41, 5.74) is 1.06. The molecule has 0 fully saturated rings. The van der Waals surface area contributed by atoms with E-state index in [1.54, 1.807) is 24.3 Å². The van der Waals surface area contributed by atoms with Crippen LogP contribution in [0.5, 0.6) is 0 Å². The predicted molar refractivity (Wildman–Crippen MR) is 125 cm³/mol. The van der Waals surface area contributed by atoms with Crippen LogP contribution < -0.4 is 16.0 Å². The van der Waals surface area contributed by atoms with Crippen LogP contribution in [-0.4, -0.2) is 34.1 Å². The van der Waals surface area contributed by atoms with Crippen molar-refractivity contribution < 1.29 is 14.3 Å². The highest BCUT2D eigenvalue weighted by molar-refractivity contribution is 7.80. The average Bonchev–Trinajstić information content (AvgIpc) is 2.66. The smallest absolute Gasteiger partial charge is 0.337 e. The lowest BCUT2D eigenvalue weighted by molar-refractivity contribution is 0.0600. The molecule has 0 spiro atoms. The lowest BCUT2D eigenvalue weighted by Crippen LogP contribution is -2.56. The van der Waals surface area contributed by atoms with E-state index < -0.39 is 21.8 Å². The van der Waals surface area contributed by atoms with Crippen LogP contribution in [0.1, 0.15) is 20.7 Å². The second-order valence-corrected chi connectivity index (χ2v) is 9.36. The number of nitrogens with one attached hydrogen (secondary N) is 3. The minimum atomic E-state index is -1.95. The Morgan fingerprint density at radius 3 is 2.20 bits per heavy atom. The lowest BCUT2D eigenvalue weighted by atomic mass is 10.2. The molecule has 0 aliphatic rings.